The molecule has 16 heteroatoms. The van der Waals surface area contributed by atoms with Crippen LogP contribution in [0.15, 0.2) is 48.8 Å². The Morgan fingerprint density at radius 2 is 1.07 bits per heavy atom. The maximum atomic E-state index is 12.8. The van der Waals surface area contributed by atoms with E-state index >= 15 is 0 Å². The number of hydrogen-bond acceptors (Lipinski definition) is 8. The lowest BCUT2D eigenvalue weighted by Crippen LogP contribution is -2.25. The average Bonchev–Trinajstić information content (AvgIpc) is 2.88. The van der Waals surface area contributed by atoms with Gasteiger partial charge in [0.25, 0.3) is 11.1 Å². The van der Waals surface area contributed by atoms with E-state index in [1.165, 1.54) is 24.3 Å². The first-order chi connectivity index (χ1) is 20.2. The van der Waals surface area contributed by atoms with Gasteiger partial charge in [0, 0.05) is 33.1 Å². The third-order valence-corrected chi connectivity index (χ3v) is 12.5. The molecule has 1 amide bonds. The van der Waals surface area contributed by atoms with Crippen LogP contribution < -0.4 is 11.5 Å². The largest absolute Gasteiger partial charge is 0.370 e. The van der Waals surface area contributed by atoms with Crippen molar-refractivity contribution in [3.8, 4) is 0 Å². The molecule has 0 radical (unpaired) electrons. The van der Waals surface area contributed by atoms with E-state index in [9.17, 15) is 34.8 Å². The summed E-state index contributed by atoms with van der Waals surface area (Å²) in [5.41, 5.74) is 11.8. The number of benzene rings is 2. The van der Waals surface area contributed by atoms with E-state index in [0.29, 0.717) is 24.0 Å². The summed E-state index contributed by atoms with van der Waals surface area (Å²) in [5, 5.41) is -0.718. The molecule has 0 aromatic heterocycles. The number of hydrogen-bond donors (Lipinski definition) is 2. The molecule has 2 aromatic carbocycles. The van der Waals surface area contributed by atoms with Crippen molar-refractivity contribution >= 4 is 70.0 Å². The summed E-state index contributed by atoms with van der Waals surface area (Å²) in [6.45, 7) is 14.2. The lowest BCUT2D eigenvalue weighted by atomic mass is 10.0. The van der Waals surface area contributed by atoms with Gasteiger partial charge in [0.05, 0.1) is 41.2 Å². The van der Waals surface area contributed by atoms with Crippen molar-refractivity contribution in [2.75, 3.05) is 12.5 Å². The van der Waals surface area contributed by atoms with Crippen molar-refractivity contribution < 1.29 is 34.8 Å². The van der Waals surface area contributed by atoms with Crippen molar-refractivity contribution in [1.29, 1.82) is 0 Å². The van der Waals surface area contributed by atoms with Gasteiger partial charge < -0.3 is 11.5 Å². The molecule has 0 fully saturated rings. The van der Waals surface area contributed by atoms with E-state index in [2.05, 4.69) is 4.99 Å². The van der Waals surface area contributed by atoms with Gasteiger partial charge in [0.15, 0.2) is 25.6 Å². The van der Waals surface area contributed by atoms with Crippen molar-refractivity contribution in [3.05, 3.63) is 46.5 Å². The van der Waals surface area contributed by atoms with Crippen LogP contribution in [0.5, 0.6) is 0 Å². The van der Waals surface area contributed by atoms with Crippen molar-refractivity contribution in [2.24, 2.45) is 16.5 Å². The van der Waals surface area contributed by atoms with Crippen LogP contribution in [0.1, 0.15) is 87.2 Å². The van der Waals surface area contributed by atoms with Crippen molar-refractivity contribution in [1.82, 2.24) is 0 Å². The maximum absolute atomic E-state index is 12.8. The van der Waals surface area contributed by atoms with Crippen molar-refractivity contribution in [3.63, 3.8) is 0 Å². The quantitative estimate of drug-likeness (QED) is 0.229. The van der Waals surface area contributed by atoms with E-state index in [4.69, 9.17) is 23.1 Å². The van der Waals surface area contributed by atoms with Gasteiger partial charge in [-0.1, -0.05) is 13.8 Å². The summed E-state index contributed by atoms with van der Waals surface area (Å²) < 4.78 is 72.3. The molecule has 2 aromatic rings. The highest BCUT2D eigenvalue weighted by atomic mass is 35.5. The number of carbonyl (C=O) groups is 2. The second kappa shape index (κ2) is 15.0. The summed E-state index contributed by atoms with van der Waals surface area (Å²) in [5.74, 6) is -1.14. The summed E-state index contributed by atoms with van der Waals surface area (Å²) in [6.07, 6.45) is 2.96. The van der Waals surface area contributed by atoms with Crippen LogP contribution in [0.4, 0.5) is 0 Å². The summed E-state index contributed by atoms with van der Waals surface area (Å²) in [6, 6.07) is 5.46. The SMILES string of the molecule is CCc1cc(S(=O)C(C)(C)C)c(S(C)(=O)=O)cc1C(=O)Cl.CCc1cc(S(=O)C(C)(C)C)c(S(C)(=O)=O)cc1C(=O)N=C(N)N. The Kier molecular flexibility index (Phi) is 13.5. The molecule has 0 saturated heterocycles. The molecule has 45 heavy (non-hydrogen) atoms. The fraction of sp³-hybridized carbons (Fsp3) is 0.483. The third kappa shape index (κ3) is 10.8. The Morgan fingerprint density at radius 1 is 0.733 bits per heavy atom. The first-order valence-electron chi connectivity index (χ1n) is 13.6. The molecule has 0 bridgehead atoms. The molecule has 252 valence electrons. The minimum absolute atomic E-state index is 0.0842. The number of carbonyl (C=O) groups excluding carboxylic acids is 2. The normalized spacial score (nSPS) is 13.7. The first kappa shape index (κ1) is 40.6. The van der Waals surface area contributed by atoms with Gasteiger partial charge in [-0.15, -0.1) is 0 Å². The minimum atomic E-state index is -3.70. The highest BCUT2D eigenvalue weighted by Gasteiger charge is 2.30. The number of sulfone groups is 2. The molecule has 0 heterocycles. The standard InChI is InChI=1S/C15H23N3O4S2.C14H19ClO4S2/c1-6-9-7-11(23(20)15(2,3)4)12(24(5,21)22)8-10(9)13(19)18-14(16)17;1-6-9-7-11(20(17)14(2,3)4)12(21(5,18)19)8-10(9)13(15)16/h7-8H,6H2,1-5H3,(H4,16,17,18,19);7-8H,6H2,1-5H3. The van der Waals surface area contributed by atoms with Crippen LogP contribution in [0.25, 0.3) is 0 Å². The van der Waals surface area contributed by atoms with E-state index in [1.54, 1.807) is 48.5 Å². The number of halogens is 1. The van der Waals surface area contributed by atoms with Crippen LogP contribution in [0, 0.1) is 0 Å². The van der Waals surface area contributed by atoms with Gasteiger partial charge in [0.1, 0.15) is 0 Å². The number of guanidine groups is 1. The van der Waals surface area contributed by atoms with Gasteiger partial charge >= 0.3 is 0 Å². The number of nitrogens with two attached hydrogens (primary N) is 2. The number of amides is 1. The fourth-order valence-electron chi connectivity index (χ4n) is 3.88. The zero-order chi connectivity index (χ0) is 35.5. The van der Waals surface area contributed by atoms with E-state index in [0.717, 1.165) is 12.5 Å². The second-order valence-corrected chi connectivity index (χ2v) is 20.8. The highest BCUT2D eigenvalue weighted by Crippen LogP contribution is 2.32. The maximum Gasteiger partial charge on any atom is 0.280 e. The third-order valence-electron chi connectivity index (χ3n) is 6.08. The smallest absolute Gasteiger partial charge is 0.280 e. The monoisotopic (exact) mass is 723 g/mol. The molecule has 11 nitrogen and oxygen atoms in total. The topological polar surface area (TPSA) is 201 Å². The molecule has 0 saturated carbocycles. The zero-order valence-electron chi connectivity index (χ0n) is 27.1. The Labute approximate surface area is 276 Å². The lowest BCUT2D eigenvalue weighted by Gasteiger charge is -2.21. The van der Waals surface area contributed by atoms with Gasteiger partial charge in [-0.2, -0.15) is 4.99 Å². The number of rotatable bonds is 8. The Bertz CT molecular complexity index is 1780. The van der Waals surface area contributed by atoms with Crippen LogP contribution in [-0.4, -0.2) is 64.4 Å². The Hall–Kier alpha value is -2.46. The summed E-state index contributed by atoms with van der Waals surface area (Å²) in [4.78, 5) is 27.3. The van der Waals surface area contributed by atoms with Gasteiger partial charge in [-0.3, -0.25) is 18.0 Å². The molecule has 2 unspecified atom stereocenters. The molecule has 0 aliphatic heterocycles. The molecular formula is C29H42ClN3O8S4. The van der Waals surface area contributed by atoms with Gasteiger partial charge in [-0.25, -0.2) is 16.8 Å². The van der Waals surface area contributed by atoms with Crippen LogP contribution in [-0.2, 0) is 54.1 Å². The molecule has 0 aliphatic carbocycles. The summed E-state index contributed by atoms with van der Waals surface area (Å²) >= 11 is 5.52. The average molecular weight is 724 g/mol. The van der Waals surface area contributed by atoms with Crippen LogP contribution >= 0.6 is 11.6 Å². The first-order valence-corrected chi connectivity index (χ1v) is 20.1. The van der Waals surface area contributed by atoms with E-state index in [1.807, 2.05) is 6.92 Å². The molecule has 0 aliphatic rings. The molecule has 2 rings (SSSR count). The molecular weight excluding hydrogens is 682 g/mol. The summed E-state index contributed by atoms with van der Waals surface area (Å²) in [7, 11) is -10.4. The highest BCUT2D eigenvalue weighted by molar-refractivity contribution is 7.92. The van der Waals surface area contributed by atoms with Gasteiger partial charge in [0.2, 0.25) is 0 Å². The molecule has 0 spiro atoms. The van der Waals surface area contributed by atoms with E-state index in [-0.39, 0.29) is 30.7 Å². The number of nitrogens with zero attached hydrogens (tertiary/aromatic N) is 1. The zero-order valence-corrected chi connectivity index (χ0v) is 31.1. The number of aliphatic imine (C=N–C) groups is 1. The second-order valence-electron chi connectivity index (χ2n) is 12.0. The molecule has 2 atom stereocenters. The Balaban J connectivity index is 0.000000454. The predicted octanol–water partition coefficient (Wildman–Crippen LogP) is 3.91. The lowest BCUT2D eigenvalue weighted by molar-refractivity contribution is 0.100. The van der Waals surface area contributed by atoms with Crippen molar-refractivity contribution in [2.45, 2.75) is 97.3 Å². The molecule has 4 N–H and O–H groups in total. The van der Waals surface area contributed by atoms with E-state index < -0.39 is 67.9 Å². The number of aryl methyl sites for hydroxylation is 2. The van der Waals surface area contributed by atoms with Gasteiger partial charge in [-0.05, 0) is 101 Å². The fourth-order valence-corrected chi connectivity index (χ4v) is 9.23. The Morgan fingerprint density at radius 3 is 1.33 bits per heavy atom. The van der Waals surface area contributed by atoms with Crippen LogP contribution in [0.2, 0.25) is 0 Å². The van der Waals surface area contributed by atoms with Crippen LogP contribution in [0.3, 0.4) is 0 Å². The predicted molar refractivity (Wildman–Crippen MR) is 181 cm³/mol. The minimum Gasteiger partial charge on any atom is -0.370 e.